The SMILES string of the molecule is CCNC(=NCC(O)c1ccccc1F)NCCC(C)C.I. The third kappa shape index (κ3) is 7.93. The maximum Gasteiger partial charge on any atom is 0.191 e. The maximum atomic E-state index is 13.6. The van der Waals surface area contributed by atoms with Gasteiger partial charge in [0.05, 0.1) is 6.54 Å². The van der Waals surface area contributed by atoms with E-state index in [-0.39, 0.29) is 36.1 Å². The Morgan fingerprint density at radius 1 is 1.27 bits per heavy atom. The zero-order chi connectivity index (χ0) is 15.7. The number of rotatable bonds is 7. The van der Waals surface area contributed by atoms with Crippen molar-refractivity contribution in [3.05, 3.63) is 35.6 Å². The smallest absolute Gasteiger partial charge is 0.191 e. The van der Waals surface area contributed by atoms with Crippen molar-refractivity contribution in [1.29, 1.82) is 0 Å². The number of aliphatic hydroxyl groups is 1. The van der Waals surface area contributed by atoms with E-state index in [9.17, 15) is 9.50 Å². The summed E-state index contributed by atoms with van der Waals surface area (Å²) in [6, 6.07) is 6.23. The van der Waals surface area contributed by atoms with Gasteiger partial charge in [-0.2, -0.15) is 0 Å². The van der Waals surface area contributed by atoms with Crippen molar-refractivity contribution in [3.8, 4) is 0 Å². The van der Waals surface area contributed by atoms with Crippen molar-refractivity contribution < 1.29 is 9.50 Å². The molecular weight excluding hydrogens is 396 g/mol. The van der Waals surface area contributed by atoms with Crippen LogP contribution in [0.25, 0.3) is 0 Å². The molecule has 126 valence electrons. The van der Waals surface area contributed by atoms with Gasteiger partial charge in [0.25, 0.3) is 0 Å². The van der Waals surface area contributed by atoms with Crippen LogP contribution in [-0.2, 0) is 0 Å². The second kappa shape index (κ2) is 11.6. The highest BCUT2D eigenvalue weighted by Gasteiger charge is 2.11. The number of nitrogens with zero attached hydrogens (tertiary/aromatic N) is 1. The minimum Gasteiger partial charge on any atom is -0.386 e. The molecule has 1 rings (SSSR count). The largest absolute Gasteiger partial charge is 0.386 e. The second-order valence-electron chi connectivity index (χ2n) is 5.37. The van der Waals surface area contributed by atoms with Gasteiger partial charge in [-0.05, 0) is 25.3 Å². The number of hydrogen-bond acceptors (Lipinski definition) is 2. The van der Waals surface area contributed by atoms with Gasteiger partial charge in [-0.25, -0.2) is 4.39 Å². The third-order valence-corrected chi connectivity index (χ3v) is 3.04. The summed E-state index contributed by atoms with van der Waals surface area (Å²) in [5.41, 5.74) is 0.277. The van der Waals surface area contributed by atoms with Gasteiger partial charge in [-0.1, -0.05) is 32.0 Å². The number of hydrogen-bond donors (Lipinski definition) is 3. The van der Waals surface area contributed by atoms with Crippen LogP contribution in [0.4, 0.5) is 4.39 Å². The summed E-state index contributed by atoms with van der Waals surface area (Å²) in [5, 5.41) is 16.3. The van der Waals surface area contributed by atoms with Crippen molar-refractivity contribution in [3.63, 3.8) is 0 Å². The van der Waals surface area contributed by atoms with Crippen molar-refractivity contribution in [2.75, 3.05) is 19.6 Å². The van der Waals surface area contributed by atoms with Crippen molar-refractivity contribution in [2.45, 2.75) is 33.3 Å². The van der Waals surface area contributed by atoms with Gasteiger partial charge < -0.3 is 15.7 Å². The molecular formula is C16H27FIN3O. The molecule has 0 fully saturated rings. The van der Waals surface area contributed by atoms with E-state index < -0.39 is 11.9 Å². The molecule has 0 saturated carbocycles. The number of halogens is 2. The predicted molar refractivity (Wildman–Crippen MR) is 100 cm³/mol. The second-order valence-corrected chi connectivity index (χ2v) is 5.37. The summed E-state index contributed by atoms with van der Waals surface area (Å²) in [5.74, 6) is 0.857. The van der Waals surface area contributed by atoms with Gasteiger partial charge >= 0.3 is 0 Å². The first-order valence-corrected chi connectivity index (χ1v) is 7.49. The van der Waals surface area contributed by atoms with Crippen LogP contribution in [0, 0.1) is 11.7 Å². The molecule has 3 N–H and O–H groups in total. The molecule has 1 aromatic rings. The van der Waals surface area contributed by atoms with Gasteiger partial charge in [-0.3, -0.25) is 4.99 Å². The van der Waals surface area contributed by atoms with E-state index in [2.05, 4.69) is 29.5 Å². The molecule has 0 amide bonds. The highest BCUT2D eigenvalue weighted by molar-refractivity contribution is 14.0. The van der Waals surface area contributed by atoms with Gasteiger partial charge in [0.15, 0.2) is 5.96 Å². The third-order valence-electron chi connectivity index (χ3n) is 3.04. The molecule has 0 saturated heterocycles. The zero-order valence-electron chi connectivity index (χ0n) is 13.5. The maximum absolute atomic E-state index is 13.6. The van der Waals surface area contributed by atoms with E-state index in [0.717, 1.165) is 19.5 Å². The summed E-state index contributed by atoms with van der Waals surface area (Å²) >= 11 is 0. The Kier molecular flexibility index (Phi) is 11.2. The van der Waals surface area contributed by atoms with Crippen LogP contribution in [0.3, 0.4) is 0 Å². The van der Waals surface area contributed by atoms with Crippen molar-refractivity contribution in [2.24, 2.45) is 10.9 Å². The van der Waals surface area contributed by atoms with Crippen molar-refractivity contribution in [1.82, 2.24) is 10.6 Å². The van der Waals surface area contributed by atoms with Crippen LogP contribution in [0.2, 0.25) is 0 Å². The normalized spacial score (nSPS) is 12.7. The van der Waals surface area contributed by atoms with Crippen LogP contribution in [0.5, 0.6) is 0 Å². The van der Waals surface area contributed by atoms with E-state index in [4.69, 9.17) is 0 Å². The first-order chi connectivity index (χ1) is 10.0. The van der Waals surface area contributed by atoms with Gasteiger partial charge in [0.2, 0.25) is 0 Å². The number of benzene rings is 1. The Hall–Kier alpha value is -0.890. The van der Waals surface area contributed by atoms with E-state index in [1.807, 2.05) is 6.92 Å². The molecule has 0 aliphatic carbocycles. The first kappa shape index (κ1) is 21.1. The average molecular weight is 423 g/mol. The number of nitrogens with one attached hydrogen (secondary N) is 2. The van der Waals surface area contributed by atoms with Gasteiger partial charge in [0, 0.05) is 18.7 Å². The van der Waals surface area contributed by atoms with Crippen LogP contribution < -0.4 is 10.6 Å². The molecule has 1 aromatic carbocycles. The van der Waals surface area contributed by atoms with E-state index >= 15 is 0 Å². The zero-order valence-corrected chi connectivity index (χ0v) is 15.8. The van der Waals surface area contributed by atoms with E-state index in [1.165, 1.54) is 6.07 Å². The molecule has 0 spiro atoms. The summed E-state index contributed by atoms with van der Waals surface area (Å²) in [6.07, 6.45) is 0.104. The number of guanidine groups is 1. The highest BCUT2D eigenvalue weighted by Crippen LogP contribution is 2.16. The lowest BCUT2D eigenvalue weighted by Gasteiger charge is -2.14. The summed E-state index contributed by atoms with van der Waals surface area (Å²) in [4.78, 5) is 4.31. The Bertz CT molecular complexity index is 455. The number of aliphatic hydroxyl groups excluding tert-OH is 1. The Balaban J connectivity index is 0.00000441. The van der Waals surface area contributed by atoms with Crippen molar-refractivity contribution >= 4 is 29.9 Å². The topological polar surface area (TPSA) is 56.7 Å². The molecule has 0 bridgehead atoms. The fourth-order valence-corrected chi connectivity index (χ4v) is 1.84. The van der Waals surface area contributed by atoms with Crippen LogP contribution in [-0.4, -0.2) is 30.7 Å². The van der Waals surface area contributed by atoms with E-state index in [1.54, 1.807) is 18.2 Å². The molecule has 0 aromatic heterocycles. The minimum absolute atomic E-state index is 0. The Morgan fingerprint density at radius 2 is 1.95 bits per heavy atom. The van der Waals surface area contributed by atoms with Gasteiger partial charge in [0.1, 0.15) is 11.9 Å². The summed E-state index contributed by atoms with van der Waals surface area (Å²) < 4.78 is 13.6. The van der Waals surface area contributed by atoms with Crippen LogP contribution >= 0.6 is 24.0 Å². The lowest BCUT2D eigenvalue weighted by molar-refractivity contribution is 0.182. The molecule has 6 heteroatoms. The molecule has 0 aliphatic heterocycles. The molecule has 0 heterocycles. The summed E-state index contributed by atoms with van der Waals surface area (Å²) in [7, 11) is 0. The Labute approximate surface area is 149 Å². The quantitative estimate of drug-likeness (QED) is 0.359. The predicted octanol–water partition coefficient (Wildman–Crippen LogP) is 3.08. The van der Waals surface area contributed by atoms with Crippen LogP contribution in [0.1, 0.15) is 38.9 Å². The monoisotopic (exact) mass is 423 g/mol. The lowest BCUT2D eigenvalue weighted by Crippen LogP contribution is -2.38. The number of aliphatic imine (C=N–C) groups is 1. The average Bonchev–Trinajstić information content (AvgIpc) is 2.44. The summed E-state index contributed by atoms with van der Waals surface area (Å²) in [6.45, 7) is 7.98. The molecule has 4 nitrogen and oxygen atoms in total. The standard InChI is InChI=1S/C16H26FN3O.HI/c1-4-18-16(19-10-9-12(2)3)20-11-15(21)13-7-5-6-8-14(13)17;/h5-8,12,15,21H,4,9-11H2,1-3H3,(H2,18,19,20);1H. The molecule has 1 atom stereocenters. The van der Waals surface area contributed by atoms with E-state index in [0.29, 0.717) is 11.9 Å². The lowest BCUT2D eigenvalue weighted by atomic mass is 10.1. The van der Waals surface area contributed by atoms with Gasteiger partial charge in [-0.15, -0.1) is 24.0 Å². The molecule has 1 unspecified atom stereocenters. The molecule has 0 radical (unpaired) electrons. The fourth-order valence-electron chi connectivity index (χ4n) is 1.84. The fraction of sp³-hybridized carbons (Fsp3) is 0.562. The molecule has 22 heavy (non-hydrogen) atoms. The minimum atomic E-state index is -0.938. The molecule has 0 aliphatic rings. The van der Waals surface area contributed by atoms with Crippen LogP contribution in [0.15, 0.2) is 29.3 Å². The Morgan fingerprint density at radius 3 is 2.55 bits per heavy atom. The highest BCUT2D eigenvalue weighted by atomic mass is 127. The first-order valence-electron chi connectivity index (χ1n) is 7.49.